The molecule has 12 heavy (non-hydrogen) atoms. The minimum Gasteiger partial charge on any atom is -0.480 e. The molecule has 3 N–H and O–H groups in total. The van der Waals surface area contributed by atoms with Gasteiger partial charge in [-0.3, -0.25) is 4.79 Å². The van der Waals surface area contributed by atoms with Crippen LogP contribution >= 0.6 is 0 Å². The first-order valence-electron chi connectivity index (χ1n) is 4.68. The van der Waals surface area contributed by atoms with Crippen molar-refractivity contribution >= 4 is 5.97 Å². The largest absolute Gasteiger partial charge is 0.480 e. The standard InChI is InChI=1S/C9H17NO2/c10-8(9(11)12)6-5-7-3-1-2-4-7/h7-8H,1-6,10H2,(H,11,12)/t8-/m0/s1. The maximum atomic E-state index is 10.4. The lowest BCUT2D eigenvalue weighted by molar-refractivity contribution is -0.138. The van der Waals surface area contributed by atoms with Crippen LogP contribution < -0.4 is 5.73 Å². The monoisotopic (exact) mass is 171 g/mol. The van der Waals surface area contributed by atoms with E-state index in [-0.39, 0.29) is 0 Å². The molecule has 1 saturated carbocycles. The minimum absolute atomic E-state index is 0.639. The highest BCUT2D eigenvalue weighted by Gasteiger charge is 2.18. The predicted molar refractivity (Wildman–Crippen MR) is 46.8 cm³/mol. The molecule has 0 aromatic heterocycles. The van der Waals surface area contributed by atoms with Gasteiger partial charge in [-0.1, -0.05) is 25.7 Å². The van der Waals surface area contributed by atoms with Crippen LogP contribution in [0.5, 0.6) is 0 Å². The minimum atomic E-state index is -0.868. The lowest BCUT2D eigenvalue weighted by Crippen LogP contribution is -2.30. The van der Waals surface area contributed by atoms with Gasteiger partial charge in [0.2, 0.25) is 0 Å². The molecule has 1 aliphatic rings. The van der Waals surface area contributed by atoms with Gasteiger partial charge in [-0.05, 0) is 18.8 Å². The highest BCUT2D eigenvalue weighted by atomic mass is 16.4. The lowest BCUT2D eigenvalue weighted by atomic mass is 9.99. The summed E-state index contributed by atoms with van der Waals surface area (Å²) >= 11 is 0. The number of carbonyl (C=O) groups is 1. The maximum absolute atomic E-state index is 10.4. The molecule has 0 heterocycles. The van der Waals surface area contributed by atoms with E-state index in [4.69, 9.17) is 10.8 Å². The van der Waals surface area contributed by atoms with Crippen LogP contribution in [0.1, 0.15) is 38.5 Å². The van der Waals surface area contributed by atoms with Crippen molar-refractivity contribution in [1.82, 2.24) is 0 Å². The second-order valence-corrected chi connectivity index (χ2v) is 3.67. The van der Waals surface area contributed by atoms with Crippen LogP contribution in [0.25, 0.3) is 0 Å². The Morgan fingerprint density at radius 1 is 1.50 bits per heavy atom. The van der Waals surface area contributed by atoms with E-state index < -0.39 is 12.0 Å². The summed E-state index contributed by atoms with van der Waals surface area (Å²) in [4.78, 5) is 10.4. The third-order valence-corrected chi connectivity index (χ3v) is 2.68. The van der Waals surface area contributed by atoms with Crippen LogP contribution in [0.3, 0.4) is 0 Å². The number of carboxylic acid groups (broad SMARTS) is 1. The SMILES string of the molecule is N[C@@H](CCC1CCCC1)C(=O)O. The van der Waals surface area contributed by atoms with E-state index in [1.807, 2.05) is 0 Å². The van der Waals surface area contributed by atoms with Crippen molar-refractivity contribution in [2.75, 3.05) is 0 Å². The van der Waals surface area contributed by atoms with Gasteiger partial charge in [-0.2, -0.15) is 0 Å². The Hall–Kier alpha value is -0.570. The molecule has 0 saturated heterocycles. The Bertz CT molecular complexity index is 153. The zero-order valence-electron chi connectivity index (χ0n) is 7.33. The summed E-state index contributed by atoms with van der Waals surface area (Å²) in [5.41, 5.74) is 5.40. The fourth-order valence-corrected chi connectivity index (χ4v) is 1.84. The van der Waals surface area contributed by atoms with Crippen molar-refractivity contribution in [2.45, 2.75) is 44.6 Å². The molecule has 0 amide bonds. The normalized spacial score (nSPS) is 21.1. The van der Waals surface area contributed by atoms with Crippen LogP contribution in [0, 0.1) is 5.92 Å². The smallest absolute Gasteiger partial charge is 0.320 e. The van der Waals surface area contributed by atoms with Gasteiger partial charge < -0.3 is 10.8 Å². The second-order valence-electron chi connectivity index (χ2n) is 3.67. The number of hydrogen-bond acceptors (Lipinski definition) is 2. The van der Waals surface area contributed by atoms with Crippen molar-refractivity contribution in [3.05, 3.63) is 0 Å². The van der Waals surface area contributed by atoms with Crippen LogP contribution in [0.4, 0.5) is 0 Å². The van der Waals surface area contributed by atoms with Crippen molar-refractivity contribution in [3.8, 4) is 0 Å². The first-order chi connectivity index (χ1) is 5.70. The Morgan fingerprint density at radius 2 is 2.08 bits per heavy atom. The second kappa shape index (κ2) is 4.45. The molecule has 1 atom stereocenters. The molecular weight excluding hydrogens is 154 g/mol. The number of nitrogens with two attached hydrogens (primary N) is 1. The summed E-state index contributed by atoms with van der Waals surface area (Å²) in [5.74, 6) is -0.122. The van der Waals surface area contributed by atoms with E-state index in [0.29, 0.717) is 6.42 Å². The highest BCUT2D eigenvalue weighted by Crippen LogP contribution is 2.28. The molecule has 0 radical (unpaired) electrons. The van der Waals surface area contributed by atoms with E-state index in [1.54, 1.807) is 0 Å². The number of rotatable bonds is 4. The van der Waals surface area contributed by atoms with Crippen molar-refractivity contribution in [1.29, 1.82) is 0 Å². The Kier molecular flexibility index (Phi) is 3.53. The topological polar surface area (TPSA) is 63.3 Å². The fraction of sp³-hybridized carbons (Fsp3) is 0.889. The van der Waals surface area contributed by atoms with Crippen molar-refractivity contribution in [3.63, 3.8) is 0 Å². The molecule has 1 rings (SSSR count). The van der Waals surface area contributed by atoms with E-state index in [1.165, 1.54) is 25.7 Å². The summed E-state index contributed by atoms with van der Waals surface area (Å²) in [5, 5.41) is 8.53. The summed E-state index contributed by atoms with van der Waals surface area (Å²) in [6.45, 7) is 0. The average molecular weight is 171 g/mol. The molecule has 3 heteroatoms. The molecule has 0 spiro atoms. The highest BCUT2D eigenvalue weighted by molar-refractivity contribution is 5.72. The lowest BCUT2D eigenvalue weighted by Gasteiger charge is -2.10. The summed E-state index contributed by atoms with van der Waals surface area (Å²) in [6.07, 6.45) is 6.80. The van der Waals surface area contributed by atoms with Crippen LogP contribution in [-0.4, -0.2) is 17.1 Å². The van der Waals surface area contributed by atoms with Crippen molar-refractivity contribution < 1.29 is 9.90 Å². The third kappa shape index (κ3) is 2.81. The van der Waals surface area contributed by atoms with Gasteiger partial charge >= 0.3 is 5.97 Å². The Balaban J connectivity index is 2.11. The number of carboxylic acids is 1. The van der Waals surface area contributed by atoms with E-state index in [2.05, 4.69) is 0 Å². The van der Waals surface area contributed by atoms with Gasteiger partial charge in [-0.15, -0.1) is 0 Å². The molecule has 3 nitrogen and oxygen atoms in total. The van der Waals surface area contributed by atoms with Gasteiger partial charge in [0.25, 0.3) is 0 Å². The van der Waals surface area contributed by atoms with Crippen LogP contribution in [-0.2, 0) is 4.79 Å². The Labute approximate surface area is 72.9 Å². The molecule has 0 bridgehead atoms. The zero-order chi connectivity index (χ0) is 8.97. The molecule has 1 aliphatic carbocycles. The molecule has 0 aliphatic heterocycles. The molecule has 0 aromatic carbocycles. The maximum Gasteiger partial charge on any atom is 0.320 e. The zero-order valence-corrected chi connectivity index (χ0v) is 7.33. The third-order valence-electron chi connectivity index (χ3n) is 2.68. The van der Waals surface area contributed by atoms with E-state index >= 15 is 0 Å². The average Bonchev–Trinajstić information content (AvgIpc) is 2.51. The molecule has 70 valence electrons. The van der Waals surface area contributed by atoms with Gasteiger partial charge in [0, 0.05) is 0 Å². The van der Waals surface area contributed by atoms with E-state index in [0.717, 1.165) is 12.3 Å². The number of aliphatic carboxylic acids is 1. The molecule has 0 aromatic rings. The van der Waals surface area contributed by atoms with Crippen molar-refractivity contribution in [2.24, 2.45) is 11.7 Å². The van der Waals surface area contributed by atoms with Gasteiger partial charge in [0.05, 0.1) is 0 Å². The van der Waals surface area contributed by atoms with Gasteiger partial charge in [-0.25, -0.2) is 0 Å². The quantitative estimate of drug-likeness (QED) is 0.671. The van der Waals surface area contributed by atoms with Gasteiger partial charge in [0.1, 0.15) is 6.04 Å². The first-order valence-corrected chi connectivity index (χ1v) is 4.68. The van der Waals surface area contributed by atoms with Crippen LogP contribution in [0.2, 0.25) is 0 Å². The Morgan fingerprint density at radius 3 is 2.58 bits per heavy atom. The summed E-state index contributed by atoms with van der Waals surface area (Å²) < 4.78 is 0. The summed E-state index contributed by atoms with van der Waals surface area (Å²) in [6, 6.07) is -0.648. The van der Waals surface area contributed by atoms with E-state index in [9.17, 15) is 4.79 Å². The predicted octanol–water partition coefficient (Wildman–Crippen LogP) is 1.37. The molecule has 1 fully saturated rings. The molecule has 0 unspecified atom stereocenters. The first kappa shape index (κ1) is 9.52. The molecular formula is C9H17NO2. The number of hydrogen-bond donors (Lipinski definition) is 2. The van der Waals surface area contributed by atoms with Crippen LogP contribution in [0.15, 0.2) is 0 Å². The fourth-order valence-electron chi connectivity index (χ4n) is 1.84. The summed E-state index contributed by atoms with van der Waals surface area (Å²) in [7, 11) is 0. The van der Waals surface area contributed by atoms with Gasteiger partial charge in [0.15, 0.2) is 0 Å².